The van der Waals surface area contributed by atoms with Crippen LogP contribution < -0.4 is 5.32 Å². The molecule has 0 aliphatic heterocycles. The molecule has 1 aromatic heterocycles. The smallest absolute Gasteiger partial charge is 0.157 e. The lowest BCUT2D eigenvalue weighted by Gasteiger charge is -2.17. The number of rotatable bonds is 5. The molecule has 0 saturated carbocycles. The van der Waals surface area contributed by atoms with Gasteiger partial charge in [0, 0.05) is 0 Å². The number of furan rings is 1. The van der Waals surface area contributed by atoms with E-state index in [1.54, 1.807) is 6.26 Å². The van der Waals surface area contributed by atoms with Gasteiger partial charge in [0.05, 0.1) is 6.26 Å². The van der Waals surface area contributed by atoms with Gasteiger partial charge in [0.15, 0.2) is 5.76 Å². The van der Waals surface area contributed by atoms with Crippen molar-refractivity contribution < 1.29 is 14.8 Å². The highest BCUT2D eigenvalue weighted by atomic mass is 16.3. The predicted octanol–water partition coefficient (Wildman–Crippen LogP) is 1.47. The summed E-state index contributed by atoms with van der Waals surface area (Å²) in [5.74, 6) is 0.928. The van der Waals surface area contributed by atoms with Crippen LogP contribution >= 0.6 is 0 Å². The Morgan fingerprint density at radius 1 is 1.18 bits per heavy atom. The fourth-order valence-electron chi connectivity index (χ4n) is 1.81. The first-order chi connectivity index (χ1) is 8.27. The van der Waals surface area contributed by atoms with Gasteiger partial charge in [-0.05, 0) is 24.6 Å². The van der Waals surface area contributed by atoms with Crippen molar-refractivity contribution in [2.75, 3.05) is 0 Å². The molecule has 3 nitrogen and oxygen atoms in total. The highest BCUT2D eigenvalue weighted by Gasteiger charge is 2.18. The number of benzene rings is 1. The van der Waals surface area contributed by atoms with Crippen LogP contribution in [0.2, 0.25) is 0 Å². The van der Waals surface area contributed by atoms with Crippen molar-refractivity contribution in [3.63, 3.8) is 0 Å². The van der Waals surface area contributed by atoms with Gasteiger partial charge in [0.2, 0.25) is 0 Å². The molecule has 3 heteroatoms. The summed E-state index contributed by atoms with van der Waals surface area (Å²) in [5.41, 5.74) is 0.954. The van der Waals surface area contributed by atoms with E-state index >= 15 is 0 Å². The van der Waals surface area contributed by atoms with Crippen molar-refractivity contribution in [2.24, 2.45) is 0 Å². The Hall–Kier alpha value is -1.58. The molecule has 0 radical (unpaired) electrons. The SMILES string of the molecule is C[C@@H]([NH2+]Cc1ccco1)[C@@H](O)c1ccccc1. The normalized spacial score (nSPS) is 14.5. The zero-order valence-corrected chi connectivity index (χ0v) is 9.91. The van der Waals surface area contributed by atoms with Crippen molar-refractivity contribution in [3.05, 3.63) is 60.1 Å². The first kappa shape index (κ1) is 11.9. The van der Waals surface area contributed by atoms with Gasteiger partial charge in [-0.2, -0.15) is 0 Å². The van der Waals surface area contributed by atoms with Crippen molar-refractivity contribution in [1.82, 2.24) is 0 Å². The number of aliphatic hydroxyl groups is 1. The van der Waals surface area contributed by atoms with Crippen LogP contribution in [0, 0.1) is 0 Å². The maximum atomic E-state index is 10.2. The van der Waals surface area contributed by atoms with E-state index < -0.39 is 6.10 Å². The van der Waals surface area contributed by atoms with E-state index in [1.165, 1.54) is 0 Å². The second-order valence-corrected chi connectivity index (χ2v) is 4.23. The van der Waals surface area contributed by atoms with Gasteiger partial charge in [-0.15, -0.1) is 0 Å². The molecule has 1 aromatic carbocycles. The molecule has 0 bridgehead atoms. The second kappa shape index (κ2) is 5.66. The third-order valence-electron chi connectivity index (χ3n) is 2.91. The zero-order chi connectivity index (χ0) is 12.1. The Kier molecular flexibility index (Phi) is 3.96. The second-order valence-electron chi connectivity index (χ2n) is 4.23. The molecule has 90 valence electrons. The summed E-state index contributed by atoms with van der Waals surface area (Å²) in [5, 5.41) is 12.2. The monoisotopic (exact) mass is 232 g/mol. The lowest BCUT2D eigenvalue weighted by molar-refractivity contribution is -0.710. The lowest BCUT2D eigenvalue weighted by atomic mass is 10.0. The van der Waals surface area contributed by atoms with Gasteiger partial charge in [-0.25, -0.2) is 0 Å². The van der Waals surface area contributed by atoms with Crippen molar-refractivity contribution in [3.8, 4) is 0 Å². The Bertz CT molecular complexity index is 425. The van der Waals surface area contributed by atoms with Crippen LogP contribution in [0.25, 0.3) is 0 Å². The number of hydrogen-bond donors (Lipinski definition) is 2. The summed E-state index contributed by atoms with van der Waals surface area (Å²) in [4.78, 5) is 0. The Morgan fingerprint density at radius 2 is 1.94 bits per heavy atom. The topological polar surface area (TPSA) is 50.0 Å². The molecular formula is C14H18NO2+. The Labute approximate surface area is 101 Å². The number of hydrogen-bond acceptors (Lipinski definition) is 2. The van der Waals surface area contributed by atoms with Gasteiger partial charge in [0.1, 0.15) is 18.7 Å². The molecule has 1 heterocycles. The zero-order valence-electron chi connectivity index (χ0n) is 9.91. The van der Waals surface area contributed by atoms with Crippen molar-refractivity contribution >= 4 is 0 Å². The minimum atomic E-state index is -0.453. The van der Waals surface area contributed by atoms with E-state index in [9.17, 15) is 5.11 Å². The first-order valence-electron chi connectivity index (χ1n) is 5.86. The van der Waals surface area contributed by atoms with Gasteiger partial charge in [0.25, 0.3) is 0 Å². The number of nitrogens with two attached hydrogens (primary N) is 1. The summed E-state index contributed by atoms with van der Waals surface area (Å²) in [6.45, 7) is 2.76. The molecule has 17 heavy (non-hydrogen) atoms. The van der Waals surface area contributed by atoms with Crippen LogP contribution in [0.4, 0.5) is 0 Å². The van der Waals surface area contributed by atoms with E-state index in [4.69, 9.17) is 4.42 Å². The molecule has 2 aromatic rings. The molecule has 0 saturated heterocycles. The van der Waals surface area contributed by atoms with E-state index in [0.717, 1.165) is 17.9 Å². The average Bonchev–Trinajstić information content (AvgIpc) is 2.89. The molecule has 0 aliphatic rings. The molecule has 0 spiro atoms. The summed E-state index contributed by atoms with van der Waals surface area (Å²) in [7, 11) is 0. The Morgan fingerprint density at radius 3 is 2.59 bits per heavy atom. The van der Waals surface area contributed by atoms with Crippen LogP contribution in [-0.4, -0.2) is 11.1 Å². The largest absolute Gasteiger partial charge is 0.463 e. The fourth-order valence-corrected chi connectivity index (χ4v) is 1.81. The number of aliphatic hydroxyl groups excluding tert-OH is 1. The molecule has 2 rings (SSSR count). The van der Waals surface area contributed by atoms with Crippen LogP contribution in [0.15, 0.2) is 53.1 Å². The van der Waals surface area contributed by atoms with E-state index in [-0.39, 0.29) is 6.04 Å². The molecule has 2 atom stereocenters. The van der Waals surface area contributed by atoms with Crippen molar-refractivity contribution in [2.45, 2.75) is 25.6 Å². The molecule has 3 N–H and O–H groups in total. The van der Waals surface area contributed by atoms with Gasteiger partial charge < -0.3 is 14.8 Å². The molecule has 0 unspecified atom stereocenters. The Balaban J connectivity index is 1.89. The van der Waals surface area contributed by atoms with Crippen LogP contribution in [0.5, 0.6) is 0 Å². The lowest BCUT2D eigenvalue weighted by Crippen LogP contribution is -2.88. The summed E-state index contributed by atoms with van der Waals surface area (Å²) < 4.78 is 5.26. The first-order valence-corrected chi connectivity index (χ1v) is 5.86. The molecule has 0 amide bonds. The average molecular weight is 232 g/mol. The summed E-state index contributed by atoms with van der Waals surface area (Å²) in [6.07, 6.45) is 1.22. The minimum Gasteiger partial charge on any atom is -0.463 e. The summed E-state index contributed by atoms with van der Waals surface area (Å²) in [6, 6.07) is 13.6. The van der Waals surface area contributed by atoms with Gasteiger partial charge in [-0.3, -0.25) is 0 Å². The van der Waals surface area contributed by atoms with Crippen LogP contribution in [0.3, 0.4) is 0 Å². The quantitative estimate of drug-likeness (QED) is 0.820. The van der Waals surface area contributed by atoms with E-state index in [0.29, 0.717) is 0 Å². The predicted molar refractivity (Wildman–Crippen MR) is 65.2 cm³/mol. The minimum absolute atomic E-state index is 0.0995. The maximum Gasteiger partial charge on any atom is 0.157 e. The highest BCUT2D eigenvalue weighted by molar-refractivity contribution is 5.17. The van der Waals surface area contributed by atoms with Crippen molar-refractivity contribution in [1.29, 1.82) is 0 Å². The highest BCUT2D eigenvalue weighted by Crippen LogP contribution is 2.13. The van der Waals surface area contributed by atoms with E-state index in [1.807, 2.05) is 49.4 Å². The third kappa shape index (κ3) is 3.19. The molecular weight excluding hydrogens is 214 g/mol. The van der Waals surface area contributed by atoms with Gasteiger partial charge in [-0.1, -0.05) is 30.3 Å². The van der Waals surface area contributed by atoms with Crippen LogP contribution in [0.1, 0.15) is 24.4 Å². The molecule has 0 fully saturated rings. The van der Waals surface area contributed by atoms with Gasteiger partial charge >= 0.3 is 0 Å². The fraction of sp³-hybridized carbons (Fsp3) is 0.286. The number of quaternary nitrogens is 1. The molecule has 0 aliphatic carbocycles. The maximum absolute atomic E-state index is 10.2. The standard InChI is InChI=1S/C14H17NO2/c1-11(15-10-13-8-5-9-17-13)14(16)12-6-3-2-4-7-12/h2-9,11,14-16H,10H2,1H3/p+1/t11-,14-/m1/s1. The third-order valence-corrected chi connectivity index (χ3v) is 2.91. The summed E-state index contributed by atoms with van der Waals surface area (Å²) >= 11 is 0. The van der Waals surface area contributed by atoms with E-state index in [2.05, 4.69) is 5.32 Å². The van der Waals surface area contributed by atoms with Crippen LogP contribution in [-0.2, 0) is 6.54 Å².